The van der Waals surface area contributed by atoms with Gasteiger partial charge in [0.2, 0.25) is 0 Å². The Balaban J connectivity index is 2.38. The van der Waals surface area contributed by atoms with E-state index in [0.717, 1.165) is 5.56 Å². The molecule has 110 valence electrons. The predicted octanol–water partition coefficient (Wildman–Crippen LogP) is 3.26. The molecular formula is C17H17FO3. The average molecular weight is 288 g/mol. The summed E-state index contributed by atoms with van der Waals surface area (Å²) in [5.41, 5.74) is -0.564. The lowest BCUT2D eigenvalue weighted by molar-refractivity contribution is -0.164. The Morgan fingerprint density at radius 3 is 2.43 bits per heavy atom. The van der Waals surface area contributed by atoms with Gasteiger partial charge in [0.15, 0.2) is 5.60 Å². The Kier molecular flexibility index (Phi) is 4.38. The molecule has 4 heteroatoms. The molecule has 0 spiro atoms. The van der Waals surface area contributed by atoms with Gasteiger partial charge in [-0.15, -0.1) is 0 Å². The summed E-state index contributed by atoms with van der Waals surface area (Å²) in [6.07, 6.45) is 0. The minimum Gasteiger partial charge on any atom is -0.464 e. The Morgan fingerprint density at radius 1 is 1.19 bits per heavy atom. The molecule has 0 bridgehead atoms. The number of hydrogen-bond donors (Lipinski definition) is 1. The Morgan fingerprint density at radius 2 is 1.86 bits per heavy atom. The van der Waals surface area contributed by atoms with Crippen molar-refractivity contribution >= 4 is 5.97 Å². The van der Waals surface area contributed by atoms with Crippen LogP contribution in [0.4, 0.5) is 4.39 Å². The van der Waals surface area contributed by atoms with Crippen molar-refractivity contribution in [3.05, 3.63) is 59.9 Å². The second-order valence-corrected chi connectivity index (χ2v) is 4.85. The van der Waals surface area contributed by atoms with E-state index in [-0.39, 0.29) is 12.2 Å². The summed E-state index contributed by atoms with van der Waals surface area (Å²) in [7, 11) is 0. The molecule has 0 aliphatic carbocycles. The van der Waals surface area contributed by atoms with Crippen molar-refractivity contribution in [1.29, 1.82) is 0 Å². The highest BCUT2D eigenvalue weighted by atomic mass is 19.1. The van der Waals surface area contributed by atoms with Crippen LogP contribution < -0.4 is 0 Å². The molecule has 0 radical (unpaired) electrons. The SMILES string of the molecule is CCOC(=O)C(C)(O)c1ccc(-c2ccccc2)cc1F. The smallest absolute Gasteiger partial charge is 0.342 e. The minimum absolute atomic E-state index is 0.0966. The van der Waals surface area contributed by atoms with Gasteiger partial charge in [-0.2, -0.15) is 0 Å². The molecule has 1 atom stereocenters. The number of halogens is 1. The molecule has 0 saturated heterocycles. The van der Waals surface area contributed by atoms with Crippen molar-refractivity contribution < 1.29 is 19.0 Å². The van der Waals surface area contributed by atoms with Gasteiger partial charge < -0.3 is 9.84 Å². The topological polar surface area (TPSA) is 46.5 Å². The van der Waals surface area contributed by atoms with Crippen molar-refractivity contribution in [3.63, 3.8) is 0 Å². The van der Waals surface area contributed by atoms with Gasteiger partial charge >= 0.3 is 5.97 Å². The summed E-state index contributed by atoms with van der Waals surface area (Å²) in [6, 6.07) is 13.7. The van der Waals surface area contributed by atoms with Gasteiger partial charge in [-0.1, -0.05) is 42.5 Å². The van der Waals surface area contributed by atoms with E-state index in [2.05, 4.69) is 0 Å². The van der Waals surface area contributed by atoms with Crippen LogP contribution in [0.2, 0.25) is 0 Å². The lowest BCUT2D eigenvalue weighted by Crippen LogP contribution is -2.35. The molecular weight excluding hydrogens is 271 g/mol. The van der Waals surface area contributed by atoms with E-state index in [1.54, 1.807) is 13.0 Å². The van der Waals surface area contributed by atoms with Gasteiger partial charge in [0.25, 0.3) is 0 Å². The third kappa shape index (κ3) is 3.11. The van der Waals surface area contributed by atoms with Gasteiger partial charge in [0.1, 0.15) is 5.82 Å². The molecule has 1 unspecified atom stereocenters. The monoisotopic (exact) mass is 288 g/mol. The van der Waals surface area contributed by atoms with Crippen LogP contribution in [-0.2, 0) is 15.1 Å². The van der Waals surface area contributed by atoms with Crippen molar-refractivity contribution in [3.8, 4) is 11.1 Å². The summed E-state index contributed by atoms with van der Waals surface area (Å²) in [6.45, 7) is 2.98. The van der Waals surface area contributed by atoms with Crippen LogP contribution in [0.5, 0.6) is 0 Å². The lowest BCUT2D eigenvalue weighted by Gasteiger charge is -2.22. The molecule has 2 aromatic carbocycles. The molecule has 3 nitrogen and oxygen atoms in total. The highest BCUT2D eigenvalue weighted by molar-refractivity contribution is 5.81. The molecule has 0 aromatic heterocycles. The molecule has 0 heterocycles. The molecule has 0 aliphatic heterocycles. The zero-order valence-corrected chi connectivity index (χ0v) is 12.0. The van der Waals surface area contributed by atoms with Crippen LogP contribution in [0.25, 0.3) is 11.1 Å². The Hall–Kier alpha value is -2.20. The largest absolute Gasteiger partial charge is 0.464 e. The van der Waals surface area contributed by atoms with Gasteiger partial charge in [0, 0.05) is 5.56 Å². The number of benzene rings is 2. The van der Waals surface area contributed by atoms with Crippen molar-refractivity contribution in [2.75, 3.05) is 6.61 Å². The molecule has 1 N–H and O–H groups in total. The normalized spacial score (nSPS) is 13.5. The fraction of sp³-hybridized carbons (Fsp3) is 0.235. The molecule has 0 saturated carbocycles. The fourth-order valence-electron chi connectivity index (χ4n) is 2.10. The second-order valence-electron chi connectivity index (χ2n) is 4.85. The van der Waals surface area contributed by atoms with Crippen LogP contribution >= 0.6 is 0 Å². The maximum atomic E-state index is 14.3. The molecule has 0 amide bonds. The number of aliphatic hydroxyl groups is 1. The van der Waals surface area contributed by atoms with E-state index in [1.807, 2.05) is 30.3 Å². The number of esters is 1. The molecule has 21 heavy (non-hydrogen) atoms. The van der Waals surface area contributed by atoms with Gasteiger partial charge in [0.05, 0.1) is 6.61 Å². The first-order chi connectivity index (χ1) is 9.96. The van der Waals surface area contributed by atoms with E-state index in [9.17, 15) is 14.3 Å². The second kappa shape index (κ2) is 6.06. The van der Waals surface area contributed by atoms with Crippen LogP contribution in [0.15, 0.2) is 48.5 Å². The summed E-state index contributed by atoms with van der Waals surface area (Å²) >= 11 is 0. The van der Waals surface area contributed by atoms with Gasteiger partial charge in [-0.3, -0.25) is 0 Å². The highest BCUT2D eigenvalue weighted by Crippen LogP contribution is 2.29. The first kappa shape index (κ1) is 15.2. The zero-order chi connectivity index (χ0) is 15.5. The number of hydrogen-bond acceptors (Lipinski definition) is 3. The third-order valence-corrected chi connectivity index (χ3v) is 3.27. The summed E-state index contributed by atoms with van der Waals surface area (Å²) < 4.78 is 19.0. The fourth-order valence-corrected chi connectivity index (χ4v) is 2.10. The van der Waals surface area contributed by atoms with E-state index < -0.39 is 17.4 Å². The van der Waals surface area contributed by atoms with Crippen molar-refractivity contribution in [1.82, 2.24) is 0 Å². The summed E-state index contributed by atoms with van der Waals surface area (Å²) in [5, 5.41) is 10.2. The lowest BCUT2D eigenvalue weighted by atomic mass is 9.93. The highest BCUT2D eigenvalue weighted by Gasteiger charge is 2.36. The maximum absolute atomic E-state index is 14.3. The molecule has 2 aromatic rings. The van der Waals surface area contributed by atoms with E-state index in [1.165, 1.54) is 19.1 Å². The van der Waals surface area contributed by atoms with Crippen LogP contribution in [-0.4, -0.2) is 17.7 Å². The van der Waals surface area contributed by atoms with Crippen molar-refractivity contribution in [2.45, 2.75) is 19.4 Å². The van der Waals surface area contributed by atoms with Crippen LogP contribution in [0, 0.1) is 5.82 Å². The first-order valence-electron chi connectivity index (χ1n) is 6.72. The third-order valence-electron chi connectivity index (χ3n) is 3.27. The molecule has 0 fully saturated rings. The van der Waals surface area contributed by atoms with E-state index in [4.69, 9.17) is 4.74 Å². The first-order valence-corrected chi connectivity index (χ1v) is 6.72. The average Bonchev–Trinajstić information content (AvgIpc) is 2.48. The predicted molar refractivity (Wildman–Crippen MR) is 78.0 cm³/mol. The number of rotatable bonds is 4. The molecule has 2 rings (SSSR count). The Bertz CT molecular complexity index is 636. The van der Waals surface area contributed by atoms with E-state index in [0.29, 0.717) is 5.56 Å². The van der Waals surface area contributed by atoms with Gasteiger partial charge in [-0.25, -0.2) is 9.18 Å². The quantitative estimate of drug-likeness (QED) is 0.878. The van der Waals surface area contributed by atoms with Crippen molar-refractivity contribution in [2.24, 2.45) is 0 Å². The van der Waals surface area contributed by atoms with E-state index >= 15 is 0 Å². The van der Waals surface area contributed by atoms with Gasteiger partial charge in [-0.05, 0) is 31.0 Å². The molecule has 0 aliphatic rings. The summed E-state index contributed by atoms with van der Waals surface area (Å²) in [5.74, 6) is -1.51. The number of ether oxygens (including phenoxy) is 1. The maximum Gasteiger partial charge on any atom is 0.342 e. The van der Waals surface area contributed by atoms with Crippen LogP contribution in [0.1, 0.15) is 19.4 Å². The standard InChI is InChI=1S/C17H17FO3/c1-3-21-16(19)17(2,20)14-10-9-13(11-15(14)18)12-7-5-4-6-8-12/h4-11,20H,3H2,1-2H3. The van der Waals surface area contributed by atoms with Crippen LogP contribution in [0.3, 0.4) is 0 Å². The zero-order valence-electron chi connectivity index (χ0n) is 12.0. The number of carbonyl (C=O) groups excluding carboxylic acids is 1. The summed E-state index contributed by atoms with van der Waals surface area (Å²) in [4.78, 5) is 11.7. The number of carbonyl (C=O) groups is 1. The minimum atomic E-state index is -2.00. The Labute approximate surface area is 123 Å².